The summed E-state index contributed by atoms with van der Waals surface area (Å²) in [6.07, 6.45) is 5.28. The van der Waals surface area contributed by atoms with Crippen molar-refractivity contribution in [1.29, 1.82) is 0 Å². The van der Waals surface area contributed by atoms with E-state index in [2.05, 4.69) is 20.0 Å². The van der Waals surface area contributed by atoms with Crippen molar-refractivity contribution in [3.8, 4) is 0 Å². The van der Waals surface area contributed by atoms with Gasteiger partial charge in [-0.05, 0) is 31.5 Å². The average Bonchev–Trinajstić information content (AvgIpc) is 3.44. The van der Waals surface area contributed by atoms with E-state index in [-0.39, 0.29) is 12.0 Å². The number of fused-ring (bicyclic) bond motifs is 2. The molecule has 0 radical (unpaired) electrons. The highest BCUT2D eigenvalue weighted by Gasteiger charge is 2.47. The summed E-state index contributed by atoms with van der Waals surface area (Å²) in [5.41, 5.74) is -0.513. The first-order valence-corrected chi connectivity index (χ1v) is 10.3. The van der Waals surface area contributed by atoms with Crippen LogP contribution in [-0.4, -0.2) is 42.3 Å². The molecule has 1 saturated heterocycles. The zero-order chi connectivity index (χ0) is 19.1. The molecule has 3 aromatic rings. The van der Waals surface area contributed by atoms with E-state index in [1.165, 1.54) is 4.68 Å². The second-order valence-corrected chi connectivity index (χ2v) is 8.46. The van der Waals surface area contributed by atoms with Gasteiger partial charge in [-0.3, -0.25) is 24.0 Å². The maximum atomic E-state index is 12.7. The summed E-state index contributed by atoms with van der Waals surface area (Å²) in [6, 6.07) is 5.52. The zero-order valence-electron chi connectivity index (χ0n) is 15.3. The number of aromatic nitrogens is 5. The Labute approximate surface area is 165 Å². The highest BCUT2D eigenvalue weighted by Crippen LogP contribution is 2.40. The third-order valence-corrected chi connectivity index (χ3v) is 6.50. The van der Waals surface area contributed by atoms with Gasteiger partial charge in [-0.2, -0.15) is 5.10 Å². The maximum absolute atomic E-state index is 12.7. The third-order valence-electron chi connectivity index (χ3n) is 5.74. The number of hydrogen-bond acceptors (Lipinski definition) is 7. The first-order chi connectivity index (χ1) is 13.6. The van der Waals surface area contributed by atoms with E-state index in [0.717, 1.165) is 43.3 Å². The van der Waals surface area contributed by atoms with Crippen LogP contribution in [-0.2, 0) is 25.0 Å². The van der Waals surface area contributed by atoms with Gasteiger partial charge in [0.1, 0.15) is 10.8 Å². The largest absolute Gasteiger partial charge is 0.332 e. The van der Waals surface area contributed by atoms with Crippen molar-refractivity contribution in [2.75, 3.05) is 13.1 Å². The molecular weight excluding hydrogens is 376 g/mol. The van der Waals surface area contributed by atoms with Crippen molar-refractivity contribution >= 4 is 11.3 Å². The number of thiazole rings is 1. The fourth-order valence-electron chi connectivity index (χ4n) is 4.33. The van der Waals surface area contributed by atoms with Gasteiger partial charge in [0, 0.05) is 36.3 Å². The van der Waals surface area contributed by atoms with Crippen LogP contribution in [0.25, 0.3) is 0 Å². The topological polar surface area (TPSA) is 85.9 Å². The molecule has 144 valence electrons. The summed E-state index contributed by atoms with van der Waals surface area (Å²) in [5, 5.41) is 7.75. The molecule has 1 fully saturated rings. The van der Waals surface area contributed by atoms with Gasteiger partial charge < -0.3 is 0 Å². The lowest BCUT2D eigenvalue weighted by molar-refractivity contribution is 0.297. The number of rotatable bonds is 4. The lowest BCUT2D eigenvalue weighted by Crippen LogP contribution is -2.45. The zero-order valence-corrected chi connectivity index (χ0v) is 16.1. The number of pyridine rings is 1. The molecule has 2 aliphatic rings. The molecule has 0 bridgehead atoms. The second-order valence-electron chi connectivity index (χ2n) is 7.48. The molecule has 5 heterocycles. The first kappa shape index (κ1) is 17.4. The predicted octanol–water partition coefficient (Wildman–Crippen LogP) is 0.852. The summed E-state index contributed by atoms with van der Waals surface area (Å²) < 4.78 is 2.87. The second kappa shape index (κ2) is 6.75. The summed E-state index contributed by atoms with van der Waals surface area (Å²) >= 11 is 1.66. The van der Waals surface area contributed by atoms with Gasteiger partial charge >= 0.3 is 11.1 Å². The van der Waals surface area contributed by atoms with Gasteiger partial charge in [0.2, 0.25) is 0 Å². The summed E-state index contributed by atoms with van der Waals surface area (Å²) in [4.78, 5) is 36.2. The molecule has 0 aliphatic carbocycles. The van der Waals surface area contributed by atoms with Gasteiger partial charge in [-0.15, -0.1) is 11.3 Å². The van der Waals surface area contributed by atoms with Crippen molar-refractivity contribution in [1.82, 2.24) is 29.2 Å². The van der Waals surface area contributed by atoms with Crippen LogP contribution in [0.1, 0.15) is 29.4 Å². The third kappa shape index (κ3) is 2.91. The Bertz CT molecular complexity index is 1110. The molecule has 8 nitrogen and oxygen atoms in total. The van der Waals surface area contributed by atoms with Crippen LogP contribution in [0.3, 0.4) is 0 Å². The normalized spacial score (nSPS) is 21.4. The van der Waals surface area contributed by atoms with Crippen molar-refractivity contribution in [3.05, 3.63) is 73.2 Å². The summed E-state index contributed by atoms with van der Waals surface area (Å²) in [5.74, 6) is 0.745. The van der Waals surface area contributed by atoms with Crippen LogP contribution in [0.15, 0.2) is 45.6 Å². The molecule has 0 aromatic carbocycles. The Morgan fingerprint density at radius 3 is 2.71 bits per heavy atom. The quantitative estimate of drug-likeness (QED) is 0.608. The Kier molecular flexibility index (Phi) is 4.21. The van der Waals surface area contributed by atoms with Crippen LogP contribution in [0, 0.1) is 0 Å². The van der Waals surface area contributed by atoms with E-state index < -0.39 is 11.1 Å². The highest BCUT2D eigenvalue weighted by atomic mass is 32.1. The predicted molar refractivity (Wildman–Crippen MR) is 104 cm³/mol. The monoisotopic (exact) mass is 396 g/mol. The molecular formula is C19H20N6O2S. The van der Waals surface area contributed by atoms with E-state index in [1.807, 2.05) is 29.8 Å². The molecule has 1 spiro atoms. The van der Waals surface area contributed by atoms with Crippen molar-refractivity contribution in [3.63, 3.8) is 0 Å². The van der Waals surface area contributed by atoms with Crippen molar-refractivity contribution in [2.45, 2.75) is 37.9 Å². The summed E-state index contributed by atoms with van der Waals surface area (Å²) in [7, 11) is 0. The minimum Gasteiger partial charge on any atom is -0.296 e. The van der Waals surface area contributed by atoms with E-state index in [4.69, 9.17) is 0 Å². The number of hydrogen-bond donors (Lipinski definition) is 0. The SMILES string of the molecule is O=c1c(=O)n2c(nn1Cc1ccccn1)C1(CCN(Cc3nccs3)C1)CC2. The molecule has 0 amide bonds. The van der Waals surface area contributed by atoms with Gasteiger partial charge in [-0.1, -0.05) is 6.07 Å². The molecule has 3 aromatic heterocycles. The van der Waals surface area contributed by atoms with E-state index >= 15 is 0 Å². The molecule has 1 unspecified atom stereocenters. The van der Waals surface area contributed by atoms with E-state index in [9.17, 15) is 9.59 Å². The molecule has 9 heteroatoms. The Balaban J connectivity index is 1.48. The van der Waals surface area contributed by atoms with Gasteiger partial charge in [-0.25, -0.2) is 9.67 Å². The molecule has 0 N–H and O–H groups in total. The molecule has 28 heavy (non-hydrogen) atoms. The van der Waals surface area contributed by atoms with Crippen molar-refractivity contribution < 1.29 is 0 Å². The number of likely N-dealkylation sites (tertiary alicyclic amines) is 1. The smallest absolute Gasteiger partial charge is 0.296 e. The van der Waals surface area contributed by atoms with Gasteiger partial charge in [0.05, 0.1) is 18.8 Å². The standard InChI is InChI=1S/C19H20N6O2S/c26-16-17(27)25(11-14-3-1-2-6-20-14)22-18-19(5-9-24(16)18)4-8-23(13-19)12-15-21-7-10-28-15/h1-3,6-7,10H,4-5,8-9,11-13H2. The lowest BCUT2D eigenvalue weighted by atomic mass is 9.85. The molecule has 1 atom stereocenters. The molecule has 5 rings (SSSR count). The molecule has 2 aliphatic heterocycles. The first-order valence-electron chi connectivity index (χ1n) is 9.38. The van der Waals surface area contributed by atoms with Crippen LogP contribution < -0.4 is 11.1 Å². The highest BCUT2D eigenvalue weighted by molar-refractivity contribution is 7.09. The maximum Gasteiger partial charge on any atom is 0.332 e. The fourth-order valence-corrected chi connectivity index (χ4v) is 4.99. The number of nitrogens with zero attached hydrogens (tertiary/aromatic N) is 6. The Morgan fingerprint density at radius 1 is 1.04 bits per heavy atom. The van der Waals surface area contributed by atoms with Crippen LogP contribution in [0.2, 0.25) is 0 Å². The lowest BCUT2D eigenvalue weighted by Gasteiger charge is -2.23. The Morgan fingerprint density at radius 2 is 1.93 bits per heavy atom. The molecule has 0 saturated carbocycles. The van der Waals surface area contributed by atoms with E-state index in [0.29, 0.717) is 12.2 Å². The summed E-state index contributed by atoms with van der Waals surface area (Å²) in [6.45, 7) is 3.36. The van der Waals surface area contributed by atoms with Crippen LogP contribution >= 0.6 is 11.3 Å². The van der Waals surface area contributed by atoms with Crippen molar-refractivity contribution in [2.24, 2.45) is 0 Å². The minimum absolute atomic E-state index is 0.171. The van der Waals surface area contributed by atoms with Gasteiger partial charge in [0.25, 0.3) is 0 Å². The fraction of sp³-hybridized carbons (Fsp3) is 0.421. The van der Waals surface area contributed by atoms with E-state index in [1.54, 1.807) is 22.1 Å². The average molecular weight is 396 g/mol. The Hall–Kier alpha value is -2.65. The minimum atomic E-state index is -0.580. The van der Waals surface area contributed by atoms with Gasteiger partial charge in [0.15, 0.2) is 0 Å². The van der Waals surface area contributed by atoms with Crippen LogP contribution in [0.4, 0.5) is 0 Å². The van der Waals surface area contributed by atoms with Crippen LogP contribution in [0.5, 0.6) is 0 Å².